The van der Waals surface area contributed by atoms with E-state index < -0.39 is 0 Å². The van der Waals surface area contributed by atoms with Crippen LogP contribution >= 0.6 is 0 Å². The van der Waals surface area contributed by atoms with Gasteiger partial charge in [0.15, 0.2) is 0 Å². The molecule has 19 heavy (non-hydrogen) atoms. The number of aryl methyl sites for hydroxylation is 1. The number of nitrogens with one attached hydrogen (secondary N) is 1. The first kappa shape index (κ1) is 14.1. The van der Waals surface area contributed by atoms with Gasteiger partial charge in [0.05, 0.1) is 6.04 Å². The molecule has 1 aromatic heterocycles. The Labute approximate surface area is 114 Å². The lowest BCUT2D eigenvalue weighted by Gasteiger charge is -2.21. The van der Waals surface area contributed by atoms with Gasteiger partial charge >= 0.3 is 0 Å². The number of rotatable bonds is 6. The lowest BCUT2D eigenvalue weighted by molar-refractivity contribution is 0.168. The van der Waals surface area contributed by atoms with Gasteiger partial charge in [0.2, 0.25) is 0 Å². The third kappa shape index (κ3) is 3.17. The van der Waals surface area contributed by atoms with Crippen LogP contribution in [0.1, 0.15) is 30.7 Å². The summed E-state index contributed by atoms with van der Waals surface area (Å²) in [4.78, 5) is 0. The average Bonchev–Trinajstić information content (AvgIpc) is 2.79. The molecule has 0 aliphatic carbocycles. The van der Waals surface area contributed by atoms with Crippen LogP contribution in [0.3, 0.4) is 0 Å². The van der Waals surface area contributed by atoms with Crippen LogP contribution in [0.4, 0.5) is 0 Å². The molecule has 0 aliphatic rings. The van der Waals surface area contributed by atoms with E-state index in [-0.39, 0.29) is 6.04 Å². The molecule has 0 fully saturated rings. The predicted octanol–water partition coefficient (Wildman–Crippen LogP) is 3.67. The van der Waals surface area contributed by atoms with Gasteiger partial charge in [-0.1, -0.05) is 18.6 Å². The van der Waals surface area contributed by atoms with Crippen LogP contribution in [0.25, 0.3) is 11.0 Å². The summed E-state index contributed by atoms with van der Waals surface area (Å²) in [7, 11) is 3.72. The number of methoxy groups -OCH3 is 1. The molecule has 1 N–H and O–H groups in total. The molecule has 1 aromatic carbocycles. The molecule has 0 saturated heterocycles. The van der Waals surface area contributed by atoms with E-state index in [2.05, 4.69) is 37.4 Å². The van der Waals surface area contributed by atoms with E-state index in [0.717, 1.165) is 24.4 Å². The number of hydrogen-bond acceptors (Lipinski definition) is 3. The molecule has 0 spiro atoms. The fourth-order valence-corrected chi connectivity index (χ4v) is 2.51. The molecule has 2 atom stereocenters. The van der Waals surface area contributed by atoms with E-state index in [1.807, 2.05) is 13.1 Å². The molecule has 104 valence electrons. The van der Waals surface area contributed by atoms with Crippen LogP contribution in [-0.4, -0.2) is 20.8 Å². The van der Waals surface area contributed by atoms with E-state index >= 15 is 0 Å². The van der Waals surface area contributed by atoms with E-state index in [1.54, 1.807) is 7.11 Å². The molecule has 0 saturated carbocycles. The minimum absolute atomic E-state index is 0.225. The molecule has 1 heterocycles. The van der Waals surface area contributed by atoms with Crippen molar-refractivity contribution in [1.82, 2.24) is 5.32 Å². The van der Waals surface area contributed by atoms with Gasteiger partial charge in [-0.05, 0) is 44.5 Å². The Morgan fingerprint density at radius 3 is 2.79 bits per heavy atom. The maximum atomic E-state index is 5.97. The number of fused-ring (bicyclic) bond motifs is 1. The first-order chi connectivity index (χ1) is 9.15. The predicted molar refractivity (Wildman–Crippen MR) is 78.4 cm³/mol. The second kappa shape index (κ2) is 6.22. The van der Waals surface area contributed by atoms with Gasteiger partial charge in [-0.15, -0.1) is 0 Å². The summed E-state index contributed by atoms with van der Waals surface area (Å²) in [6.45, 7) is 5.10. The van der Waals surface area contributed by atoms with E-state index in [0.29, 0.717) is 5.92 Å². The Hall–Kier alpha value is -1.32. The SMILES string of the molecule is CNC(c1cc2cc(C)ccc2o1)C(C)CCOC. The number of ether oxygens (including phenoxy) is 1. The zero-order valence-corrected chi connectivity index (χ0v) is 12.2. The van der Waals surface area contributed by atoms with Crippen molar-refractivity contribution in [3.63, 3.8) is 0 Å². The van der Waals surface area contributed by atoms with Gasteiger partial charge < -0.3 is 14.5 Å². The third-order valence-electron chi connectivity index (χ3n) is 3.65. The van der Waals surface area contributed by atoms with Crippen LogP contribution in [-0.2, 0) is 4.74 Å². The Kier molecular flexibility index (Phi) is 4.61. The Bertz CT molecular complexity index is 533. The fraction of sp³-hybridized carbons (Fsp3) is 0.500. The Balaban J connectivity index is 2.24. The summed E-state index contributed by atoms with van der Waals surface area (Å²) in [5.41, 5.74) is 2.22. The topological polar surface area (TPSA) is 34.4 Å². The highest BCUT2D eigenvalue weighted by Crippen LogP contribution is 2.30. The maximum Gasteiger partial charge on any atom is 0.134 e. The molecule has 0 bridgehead atoms. The third-order valence-corrected chi connectivity index (χ3v) is 3.65. The largest absolute Gasteiger partial charge is 0.459 e. The van der Waals surface area contributed by atoms with Crippen molar-refractivity contribution in [2.24, 2.45) is 5.92 Å². The van der Waals surface area contributed by atoms with Crippen molar-refractivity contribution in [3.05, 3.63) is 35.6 Å². The molecule has 0 amide bonds. The second-order valence-electron chi connectivity index (χ2n) is 5.22. The van der Waals surface area contributed by atoms with Crippen LogP contribution in [0.5, 0.6) is 0 Å². The highest BCUT2D eigenvalue weighted by Gasteiger charge is 2.21. The summed E-state index contributed by atoms with van der Waals surface area (Å²) < 4.78 is 11.1. The van der Waals surface area contributed by atoms with Gasteiger partial charge in [0.1, 0.15) is 11.3 Å². The lowest BCUT2D eigenvalue weighted by Crippen LogP contribution is -2.23. The molecular formula is C16H23NO2. The molecule has 2 unspecified atom stereocenters. The highest BCUT2D eigenvalue weighted by atomic mass is 16.5. The summed E-state index contributed by atoms with van der Waals surface area (Å²) in [6.07, 6.45) is 1.01. The van der Waals surface area contributed by atoms with Crippen LogP contribution in [0.15, 0.2) is 28.7 Å². The van der Waals surface area contributed by atoms with Crippen LogP contribution in [0.2, 0.25) is 0 Å². The van der Waals surface area contributed by atoms with Gasteiger partial charge in [-0.2, -0.15) is 0 Å². The Morgan fingerprint density at radius 1 is 1.32 bits per heavy atom. The fourth-order valence-electron chi connectivity index (χ4n) is 2.51. The van der Waals surface area contributed by atoms with E-state index in [9.17, 15) is 0 Å². The molecule has 3 heteroatoms. The molecule has 3 nitrogen and oxygen atoms in total. The minimum atomic E-state index is 0.225. The van der Waals surface area contributed by atoms with Gasteiger partial charge in [0, 0.05) is 19.1 Å². The summed E-state index contributed by atoms with van der Waals surface area (Å²) in [5, 5.41) is 4.53. The highest BCUT2D eigenvalue weighted by molar-refractivity contribution is 5.78. The van der Waals surface area contributed by atoms with Crippen molar-refractivity contribution in [1.29, 1.82) is 0 Å². The van der Waals surface area contributed by atoms with Crippen molar-refractivity contribution >= 4 is 11.0 Å². The number of furan rings is 1. The molecule has 0 aliphatic heterocycles. The number of hydrogen-bond donors (Lipinski definition) is 1. The lowest BCUT2D eigenvalue weighted by atomic mass is 9.96. The monoisotopic (exact) mass is 261 g/mol. The second-order valence-corrected chi connectivity index (χ2v) is 5.22. The Morgan fingerprint density at radius 2 is 2.11 bits per heavy atom. The first-order valence-electron chi connectivity index (χ1n) is 6.82. The smallest absolute Gasteiger partial charge is 0.134 e. The summed E-state index contributed by atoms with van der Waals surface area (Å²) >= 11 is 0. The van der Waals surface area contributed by atoms with E-state index in [4.69, 9.17) is 9.15 Å². The van der Waals surface area contributed by atoms with Crippen molar-refractivity contribution < 1.29 is 9.15 Å². The quantitative estimate of drug-likeness (QED) is 0.861. The zero-order valence-electron chi connectivity index (χ0n) is 12.2. The summed E-state index contributed by atoms with van der Waals surface area (Å²) in [5.74, 6) is 1.47. The van der Waals surface area contributed by atoms with E-state index in [1.165, 1.54) is 10.9 Å². The van der Waals surface area contributed by atoms with Crippen molar-refractivity contribution in [2.45, 2.75) is 26.3 Å². The first-order valence-corrected chi connectivity index (χ1v) is 6.82. The van der Waals surface area contributed by atoms with Gasteiger partial charge in [0.25, 0.3) is 0 Å². The maximum absolute atomic E-state index is 5.97. The average molecular weight is 261 g/mol. The molecule has 2 rings (SSSR count). The minimum Gasteiger partial charge on any atom is -0.459 e. The van der Waals surface area contributed by atoms with Crippen LogP contribution < -0.4 is 5.32 Å². The van der Waals surface area contributed by atoms with Crippen LogP contribution in [0, 0.1) is 12.8 Å². The molecular weight excluding hydrogens is 238 g/mol. The number of benzene rings is 1. The van der Waals surface area contributed by atoms with Crippen molar-refractivity contribution in [3.8, 4) is 0 Å². The normalized spacial score (nSPS) is 14.7. The summed E-state index contributed by atoms with van der Waals surface area (Å²) in [6, 6.07) is 8.66. The van der Waals surface area contributed by atoms with Crippen molar-refractivity contribution in [2.75, 3.05) is 20.8 Å². The molecule has 2 aromatic rings. The zero-order chi connectivity index (χ0) is 13.8. The standard InChI is InChI=1S/C16H23NO2/c1-11-5-6-14-13(9-11)10-15(19-14)16(17-3)12(2)7-8-18-4/h5-6,9-10,12,16-17H,7-8H2,1-4H3. The molecule has 0 radical (unpaired) electrons. The van der Waals surface area contributed by atoms with Gasteiger partial charge in [-0.3, -0.25) is 0 Å². The van der Waals surface area contributed by atoms with Gasteiger partial charge in [-0.25, -0.2) is 0 Å².